The molecule has 0 aromatic heterocycles. The van der Waals surface area contributed by atoms with Crippen molar-refractivity contribution in [2.24, 2.45) is 0 Å². The second-order valence-corrected chi connectivity index (χ2v) is 8.63. The number of piperazine rings is 1. The Hall–Kier alpha value is -3.94. The van der Waals surface area contributed by atoms with Gasteiger partial charge in [-0.05, 0) is 41.8 Å². The summed E-state index contributed by atoms with van der Waals surface area (Å²) < 4.78 is 14.0. The van der Waals surface area contributed by atoms with Crippen LogP contribution in [0.5, 0.6) is 0 Å². The molecule has 34 heavy (non-hydrogen) atoms. The maximum absolute atomic E-state index is 14.0. The molecule has 2 aliphatic heterocycles. The number of nitro benzene ring substituents is 1. The van der Waals surface area contributed by atoms with E-state index in [1.807, 2.05) is 18.2 Å². The highest BCUT2D eigenvalue weighted by molar-refractivity contribution is 5.94. The number of benzene rings is 3. The molecule has 7 nitrogen and oxygen atoms in total. The lowest BCUT2D eigenvalue weighted by Crippen LogP contribution is -2.49. The lowest BCUT2D eigenvalue weighted by Gasteiger charge is -2.37. The third kappa shape index (κ3) is 4.19. The van der Waals surface area contributed by atoms with Gasteiger partial charge >= 0.3 is 0 Å². The average Bonchev–Trinajstić information content (AvgIpc) is 2.88. The Morgan fingerprint density at radius 1 is 0.853 bits per heavy atom. The zero-order valence-electron chi connectivity index (χ0n) is 18.7. The van der Waals surface area contributed by atoms with E-state index in [-0.39, 0.29) is 22.1 Å². The molecule has 1 saturated heterocycles. The van der Waals surface area contributed by atoms with Crippen LogP contribution < -0.4 is 9.80 Å². The van der Waals surface area contributed by atoms with Crippen LogP contribution in [0.15, 0.2) is 66.7 Å². The highest BCUT2D eigenvalue weighted by Gasteiger charge is 2.27. The normalized spacial score (nSPS) is 15.7. The van der Waals surface area contributed by atoms with Gasteiger partial charge in [0.1, 0.15) is 11.5 Å². The van der Waals surface area contributed by atoms with Gasteiger partial charge in [-0.15, -0.1) is 0 Å². The van der Waals surface area contributed by atoms with E-state index in [0.29, 0.717) is 45.0 Å². The zero-order chi connectivity index (χ0) is 23.7. The fourth-order valence-corrected chi connectivity index (χ4v) is 4.79. The number of rotatable bonds is 4. The molecule has 0 N–H and O–H groups in total. The van der Waals surface area contributed by atoms with Crippen molar-refractivity contribution in [1.82, 2.24) is 4.90 Å². The highest BCUT2D eigenvalue weighted by Crippen LogP contribution is 2.35. The summed E-state index contributed by atoms with van der Waals surface area (Å²) in [6.45, 7) is 3.39. The van der Waals surface area contributed by atoms with Crippen molar-refractivity contribution in [3.05, 3.63) is 99.4 Å². The van der Waals surface area contributed by atoms with Crippen molar-refractivity contribution >= 4 is 23.0 Å². The molecule has 0 bridgehead atoms. The Labute approximate surface area is 197 Å². The van der Waals surface area contributed by atoms with Crippen LogP contribution in [-0.2, 0) is 13.0 Å². The minimum Gasteiger partial charge on any atom is -0.368 e. The summed E-state index contributed by atoms with van der Waals surface area (Å²) in [5.41, 5.74) is 4.15. The van der Waals surface area contributed by atoms with Crippen molar-refractivity contribution < 1.29 is 14.1 Å². The molecular weight excluding hydrogens is 435 g/mol. The van der Waals surface area contributed by atoms with Crippen molar-refractivity contribution in [2.45, 2.75) is 13.0 Å². The van der Waals surface area contributed by atoms with E-state index < -0.39 is 5.82 Å². The molecule has 2 heterocycles. The molecule has 1 amide bonds. The first-order chi connectivity index (χ1) is 16.5. The van der Waals surface area contributed by atoms with Gasteiger partial charge in [-0.2, -0.15) is 0 Å². The molecule has 0 atom stereocenters. The van der Waals surface area contributed by atoms with Crippen molar-refractivity contribution in [2.75, 3.05) is 42.5 Å². The number of carbonyl (C=O) groups is 1. The number of amides is 1. The van der Waals surface area contributed by atoms with E-state index in [0.717, 1.165) is 12.1 Å². The van der Waals surface area contributed by atoms with Gasteiger partial charge < -0.3 is 14.7 Å². The van der Waals surface area contributed by atoms with E-state index in [4.69, 9.17) is 0 Å². The van der Waals surface area contributed by atoms with Crippen LogP contribution in [0.2, 0.25) is 0 Å². The van der Waals surface area contributed by atoms with Crippen LogP contribution in [0, 0.1) is 15.9 Å². The fourth-order valence-electron chi connectivity index (χ4n) is 4.79. The molecule has 0 aliphatic carbocycles. The molecule has 2 aliphatic rings. The highest BCUT2D eigenvalue weighted by atomic mass is 19.1. The third-order valence-electron chi connectivity index (χ3n) is 6.66. The number of anilines is 2. The number of hydrogen-bond acceptors (Lipinski definition) is 5. The zero-order valence-corrected chi connectivity index (χ0v) is 18.7. The largest absolute Gasteiger partial charge is 0.368 e. The smallest absolute Gasteiger partial charge is 0.292 e. The van der Waals surface area contributed by atoms with Crippen LogP contribution in [0.25, 0.3) is 0 Å². The van der Waals surface area contributed by atoms with Crippen LogP contribution in [0.3, 0.4) is 0 Å². The summed E-state index contributed by atoms with van der Waals surface area (Å²) in [4.78, 5) is 30.0. The van der Waals surface area contributed by atoms with Gasteiger partial charge in [0, 0.05) is 51.0 Å². The first-order valence-corrected chi connectivity index (χ1v) is 11.4. The molecule has 3 aromatic carbocycles. The number of hydrogen-bond donors (Lipinski definition) is 0. The maximum Gasteiger partial charge on any atom is 0.292 e. The topological polar surface area (TPSA) is 69.9 Å². The summed E-state index contributed by atoms with van der Waals surface area (Å²) in [5, 5.41) is 11.8. The lowest BCUT2D eigenvalue weighted by molar-refractivity contribution is -0.384. The second kappa shape index (κ2) is 9.13. The van der Waals surface area contributed by atoms with E-state index in [2.05, 4.69) is 21.9 Å². The maximum atomic E-state index is 14.0. The van der Waals surface area contributed by atoms with Gasteiger partial charge in [0.05, 0.1) is 10.5 Å². The van der Waals surface area contributed by atoms with Gasteiger partial charge in [0.2, 0.25) is 0 Å². The second-order valence-electron chi connectivity index (χ2n) is 8.63. The molecule has 5 rings (SSSR count). The minimum atomic E-state index is -0.516. The molecule has 174 valence electrons. The van der Waals surface area contributed by atoms with Gasteiger partial charge in [0.15, 0.2) is 0 Å². The van der Waals surface area contributed by atoms with Crippen LogP contribution in [-0.4, -0.2) is 48.5 Å². The number of nitrogens with zero attached hydrogens (tertiary/aromatic N) is 4. The fraction of sp³-hybridized carbons (Fsp3) is 0.269. The van der Waals surface area contributed by atoms with Gasteiger partial charge in [-0.3, -0.25) is 14.9 Å². The molecule has 0 radical (unpaired) electrons. The van der Waals surface area contributed by atoms with Gasteiger partial charge in [-0.1, -0.05) is 36.4 Å². The van der Waals surface area contributed by atoms with Crippen LogP contribution in [0.1, 0.15) is 21.5 Å². The SMILES string of the molecule is O=C(c1ccccc1F)N1CCN(c2ccc([N+](=O)[O-])c(N3CCc4ccccc4C3)c2)CC1. The molecule has 8 heteroatoms. The standard InChI is InChI=1S/C26H25FN4O3/c27-23-8-4-3-7-22(23)26(32)29-15-13-28(14-16-29)21-9-10-24(31(33)34)25(17-21)30-12-11-19-5-1-2-6-20(19)18-30/h1-10,17H,11-16,18H2. The van der Waals surface area contributed by atoms with Gasteiger partial charge in [0.25, 0.3) is 11.6 Å². The Morgan fingerprint density at radius 3 is 2.29 bits per heavy atom. The summed E-state index contributed by atoms with van der Waals surface area (Å²) >= 11 is 0. The average molecular weight is 461 g/mol. The van der Waals surface area contributed by atoms with Crippen molar-refractivity contribution in [3.63, 3.8) is 0 Å². The lowest BCUT2D eigenvalue weighted by atomic mass is 9.99. The Balaban J connectivity index is 1.34. The Morgan fingerprint density at radius 2 is 1.56 bits per heavy atom. The predicted octanol–water partition coefficient (Wildman–Crippen LogP) is 4.26. The molecular formula is C26H25FN4O3. The number of nitro groups is 1. The summed E-state index contributed by atoms with van der Waals surface area (Å²) in [5.74, 6) is -0.827. The number of carbonyl (C=O) groups excluding carboxylic acids is 1. The Kier molecular flexibility index (Phi) is 5.88. The van der Waals surface area contributed by atoms with E-state index in [1.165, 1.54) is 23.3 Å². The summed E-state index contributed by atoms with van der Waals surface area (Å²) in [6.07, 6.45) is 0.842. The quantitative estimate of drug-likeness (QED) is 0.430. The van der Waals surface area contributed by atoms with Crippen LogP contribution in [0.4, 0.5) is 21.5 Å². The van der Waals surface area contributed by atoms with E-state index in [1.54, 1.807) is 29.2 Å². The first-order valence-electron chi connectivity index (χ1n) is 11.4. The van der Waals surface area contributed by atoms with E-state index >= 15 is 0 Å². The van der Waals surface area contributed by atoms with Crippen molar-refractivity contribution in [1.29, 1.82) is 0 Å². The predicted molar refractivity (Wildman–Crippen MR) is 129 cm³/mol. The number of halogens is 1. The molecule has 0 spiro atoms. The monoisotopic (exact) mass is 460 g/mol. The number of fused-ring (bicyclic) bond motifs is 1. The molecule has 0 unspecified atom stereocenters. The van der Waals surface area contributed by atoms with Crippen molar-refractivity contribution in [3.8, 4) is 0 Å². The van der Waals surface area contributed by atoms with E-state index in [9.17, 15) is 19.3 Å². The first kappa shape index (κ1) is 21.9. The van der Waals surface area contributed by atoms with Crippen LogP contribution >= 0.6 is 0 Å². The summed E-state index contributed by atoms with van der Waals surface area (Å²) in [6, 6.07) is 19.5. The minimum absolute atomic E-state index is 0.0824. The Bertz CT molecular complexity index is 1240. The molecule has 3 aromatic rings. The third-order valence-corrected chi connectivity index (χ3v) is 6.66. The summed E-state index contributed by atoms with van der Waals surface area (Å²) in [7, 11) is 0. The molecule has 1 fully saturated rings. The molecule has 0 saturated carbocycles. The van der Waals surface area contributed by atoms with Gasteiger partial charge in [-0.25, -0.2) is 4.39 Å².